The molecule has 0 fully saturated rings. The van der Waals surface area contributed by atoms with E-state index in [9.17, 15) is 8.42 Å². The Hall–Kier alpha value is -1.44. The number of benzene rings is 1. The Morgan fingerprint density at radius 3 is 2.82 bits per heavy atom. The first-order valence-corrected chi connectivity index (χ1v) is 9.39. The van der Waals surface area contributed by atoms with Gasteiger partial charge in [-0.2, -0.15) is 8.42 Å². The Morgan fingerprint density at radius 1 is 1.36 bits per heavy atom. The molecule has 118 valence electrons. The van der Waals surface area contributed by atoms with Crippen LogP contribution in [0.2, 0.25) is 0 Å². The number of nitrogens with two attached hydrogens (primary N) is 1. The molecule has 2 aromatic rings. The number of fused-ring (bicyclic) bond motifs is 1. The zero-order valence-corrected chi connectivity index (χ0v) is 13.9. The van der Waals surface area contributed by atoms with Gasteiger partial charge >= 0.3 is 0 Å². The molecule has 0 bridgehead atoms. The lowest BCUT2D eigenvalue weighted by atomic mass is 9.92. The molecule has 7 heteroatoms. The summed E-state index contributed by atoms with van der Waals surface area (Å²) in [5, 5.41) is 0.540. The van der Waals surface area contributed by atoms with Crippen LogP contribution in [0.4, 0.5) is 5.13 Å². The smallest absolute Gasteiger partial charge is 0.296 e. The molecule has 0 saturated heterocycles. The second kappa shape index (κ2) is 5.98. The third-order valence-electron chi connectivity index (χ3n) is 3.82. The molecule has 0 spiro atoms. The van der Waals surface area contributed by atoms with Gasteiger partial charge in [0.25, 0.3) is 10.1 Å². The van der Waals surface area contributed by atoms with Crippen LogP contribution in [-0.4, -0.2) is 20.0 Å². The van der Waals surface area contributed by atoms with Crippen molar-refractivity contribution in [3.8, 4) is 0 Å². The van der Waals surface area contributed by atoms with Crippen molar-refractivity contribution in [3.05, 3.63) is 40.4 Å². The van der Waals surface area contributed by atoms with E-state index in [1.54, 1.807) is 24.3 Å². The average Bonchev–Trinajstić information content (AvgIpc) is 2.86. The lowest BCUT2D eigenvalue weighted by Gasteiger charge is -2.20. The molecule has 1 aliphatic carbocycles. The molecular formula is C15H18N2O3S2. The van der Waals surface area contributed by atoms with Gasteiger partial charge in [-0.3, -0.25) is 4.18 Å². The highest BCUT2D eigenvalue weighted by Crippen LogP contribution is 2.36. The number of nitrogens with zero attached hydrogens (tertiary/aromatic N) is 1. The summed E-state index contributed by atoms with van der Waals surface area (Å²) in [6.07, 6.45) is 2.85. The van der Waals surface area contributed by atoms with Gasteiger partial charge in [-0.1, -0.05) is 17.7 Å². The molecule has 1 unspecified atom stereocenters. The van der Waals surface area contributed by atoms with Crippen LogP contribution in [0.15, 0.2) is 29.2 Å². The molecular weight excluding hydrogens is 320 g/mol. The lowest BCUT2D eigenvalue weighted by Crippen LogP contribution is -2.17. The number of aromatic nitrogens is 1. The van der Waals surface area contributed by atoms with Gasteiger partial charge < -0.3 is 5.73 Å². The standard InChI is InChI=1S/C15H18N2O3S2/c1-10-5-7-12(8-6-10)22(18,19)20-9-11-3-2-4-13-14(11)17-15(16)21-13/h5-8,11H,2-4,9H2,1H3,(H2,16,17). The fourth-order valence-electron chi connectivity index (χ4n) is 2.63. The average molecular weight is 338 g/mol. The summed E-state index contributed by atoms with van der Waals surface area (Å²) in [6.45, 7) is 2.03. The topological polar surface area (TPSA) is 82.3 Å². The van der Waals surface area contributed by atoms with Crippen LogP contribution in [0.25, 0.3) is 0 Å². The molecule has 0 radical (unpaired) electrons. The van der Waals surface area contributed by atoms with Crippen LogP contribution in [0, 0.1) is 6.92 Å². The van der Waals surface area contributed by atoms with Crippen molar-refractivity contribution in [1.82, 2.24) is 4.98 Å². The highest BCUT2D eigenvalue weighted by atomic mass is 32.2. The summed E-state index contributed by atoms with van der Waals surface area (Å²) in [5.74, 6) is -0.00229. The SMILES string of the molecule is Cc1ccc(S(=O)(=O)OCC2CCCc3sc(N)nc32)cc1. The van der Waals surface area contributed by atoms with Crippen molar-refractivity contribution < 1.29 is 12.6 Å². The van der Waals surface area contributed by atoms with E-state index in [0.717, 1.165) is 35.4 Å². The second-order valence-electron chi connectivity index (χ2n) is 5.50. The molecule has 1 aromatic heterocycles. The van der Waals surface area contributed by atoms with Gasteiger partial charge in [0.1, 0.15) is 0 Å². The monoisotopic (exact) mass is 338 g/mol. The van der Waals surface area contributed by atoms with Crippen LogP contribution < -0.4 is 5.73 Å². The fraction of sp³-hybridized carbons (Fsp3) is 0.400. The first-order valence-electron chi connectivity index (χ1n) is 7.17. The largest absolute Gasteiger partial charge is 0.375 e. The van der Waals surface area contributed by atoms with Gasteiger partial charge in [0.15, 0.2) is 5.13 Å². The van der Waals surface area contributed by atoms with Gasteiger partial charge in [0.2, 0.25) is 0 Å². The van der Waals surface area contributed by atoms with Crippen molar-refractivity contribution in [1.29, 1.82) is 0 Å². The van der Waals surface area contributed by atoms with Gasteiger partial charge in [0.05, 0.1) is 17.2 Å². The summed E-state index contributed by atoms with van der Waals surface area (Å²) in [4.78, 5) is 5.68. The van der Waals surface area contributed by atoms with E-state index >= 15 is 0 Å². The predicted molar refractivity (Wildman–Crippen MR) is 86.5 cm³/mol. The summed E-state index contributed by atoms with van der Waals surface area (Å²) in [7, 11) is -3.73. The minimum atomic E-state index is -3.73. The van der Waals surface area contributed by atoms with Crippen LogP contribution in [0.1, 0.15) is 34.9 Å². The van der Waals surface area contributed by atoms with E-state index in [4.69, 9.17) is 9.92 Å². The molecule has 0 amide bonds. The summed E-state index contributed by atoms with van der Waals surface area (Å²) in [6, 6.07) is 6.65. The second-order valence-corrected chi connectivity index (χ2v) is 8.23. The molecule has 0 saturated carbocycles. The van der Waals surface area contributed by atoms with Gasteiger partial charge in [-0.05, 0) is 38.3 Å². The predicted octanol–water partition coefficient (Wildman–Crippen LogP) is 2.86. The molecule has 3 rings (SSSR count). The van der Waals surface area contributed by atoms with Crippen LogP contribution in [0.3, 0.4) is 0 Å². The number of thiazole rings is 1. The highest BCUT2D eigenvalue weighted by molar-refractivity contribution is 7.86. The van der Waals surface area contributed by atoms with Gasteiger partial charge in [0, 0.05) is 10.8 Å². The minimum Gasteiger partial charge on any atom is -0.375 e. The summed E-state index contributed by atoms with van der Waals surface area (Å²) in [5.41, 5.74) is 7.67. The van der Waals surface area contributed by atoms with E-state index < -0.39 is 10.1 Å². The number of nitrogen functional groups attached to an aromatic ring is 1. The number of hydrogen-bond acceptors (Lipinski definition) is 6. The molecule has 22 heavy (non-hydrogen) atoms. The van der Waals surface area contributed by atoms with Crippen LogP contribution >= 0.6 is 11.3 Å². The summed E-state index contributed by atoms with van der Waals surface area (Å²) >= 11 is 1.49. The van der Waals surface area contributed by atoms with Crippen molar-refractivity contribution in [2.45, 2.75) is 37.0 Å². The first-order chi connectivity index (χ1) is 10.5. The molecule has 0 aliphatic heterocycles. The minimum absolute atomic E-state index is 0.00229. The molecule has 1 atom stereocenters. The molecule has 1 aliphatic rings. The molecule has 5 nitrogen and oxygen atoms in total. The number of aryl methyl sites for hydroxylation is 2. The van der Waals surface area contributed by atoms with Crippen LogP contribution in [0.5, 0.6) is 0 Å². The zero-order valence-electron chi connectivity index (χ0n) is 12.3. The lowest BCUT2D eigenvalue weighted by molar-refractivity contribution is 0.277. The Labute approximate surface area is 134 Å². The first kappa shape index (κ1) is 15.5. The third-order valence-corrected chi connectivity index (χ3v) is 6.08. The Morgan fingerprint density at radius 2 is 2.09 bits per heavy atom. The normalized spacial score (nSPS) is 18.1. The molecule has 1 aromatic carbocycles. The van der Waals surface area contributed by atoms with Crippen LogP contribution in [-0.2, 0) is 20.7 Å². The third kappa shape index (κ3) is 3.16. The number of anilines is 1. The van der Waals surface area contributed by atoms with Crippen molar-refractivity contribution in [2.75, 3.05) is 12.3 Å². The van der Waals surface area contributed by atoms with E-state index in [2.05, 4.69) is 4.98 Å². The van der Waals surface area contributed by atoms with Gasteiger partial charge in [-0.25, -0.2) is 4.98 Å². The number of rotatable bonds is 4. The quantitative estimate of drug-likeness (QED) is 0.867. The van der Waals surface area contributed by atoms with E-state index in [0.29, 0.717) is 5.13 Å². The Balaban J connectivity index is 1.74. The number of hydrogen-bond donors (Lipinski definition) is 1. The van der Waals surface area contributed by atoms with E-state index in [1.165, 1.54) is 11.3 Å². The molecule has 2 N–H and O–H groups in total. The van der Waals surface area contributed by atoms with E-state index in [1.807, 2.05) is 6.92 Å². The Bertz CT molecular complexity index is 767. The maximum atomic E-state index is 12.2. The zero-order chi connectivity index (χ0) is 15.7. The van der Waals surface area contributed by atoms with Crippen molar-refractivity contribution in [3.63, 3.8) is 0 Å². The Kier molecular flexibility index (Phi) is 4.20. The van der Waals surface area contributed by atoms with Gasteiger partial charge in [-0.15, -0.1) is 11.3 Å². The fourth-order valence-corrected chi connectivity index (χ4v) is 4.54. The van der Waals surface area contributed by atoms with Crippen molar-refractivity contribution >= 4 is 26.6 Å². The maximum absolute atomic E-state index is 12.2. The molecule has 1 heterocycles. The summed E-state index contributed by atoms with van der Waals surface area (Å²) < 4.78 is 29.7. The van der Waals surface area contributed by atoms with Crippen molar-refractivity contribution in [2.24, 2.45) is 0 Å². The maximum Gasteiger partial charge on any atom is 0.296 e. The van der Waals surface area contributed by atoms with E-state index in [-0.39, 0.29) is 17.4 Å². The highest BCUT2D eigenvalue weighted by Gasteiger charge is 2.27.